The fraction of sp³-hybridized carbons (Fsp3) is 0.444. The Balaban J connectivity index is 2.39. The third-order valence-electron chi connectivity index (χ3n) is 3.28. The van der Waals surface area contributed by atoms with E-state index in [0.717, 1.165) is 22.6 Å². The van der Waals surface area contributed by atoms with Crippen LogP contribution in [0.3, 0.4) is 0 Å². The molecule has 24 heavy (non-hydrogen) atoms. The predicted molar refractivity (Wildman–Crippen MR) is 97.8 cm³/mol. The topological polar surface area (TPSA) is 55.1 Å². The minimum atomic E-state index is 0.134. The molecule has 128 valence electrons. The number of rotatable bonds is 6. The molecule has 6 heteroatoms. The number of ether oxygens (including phenoxy) is 2. The highest BCUT2D eigenvalue weighted by Crippen LogP contribution is 2.37. The van der Waals surface area contributed by atoms with Crippen molar-refractivity contribution in [2.45, 2.75) is 27.2 Å². The number of halogens is 1. The van der Waals surface area contributed by atoms with Gasteiger partial charge in [-0.15, -0.1) is 11.3 Å². The van der Waals surface area contributed by atoms with Gasteiger partial charge in [0.1, 0.15) is 18.4 Å². The second-order valence-corrected chi connectivity index (χ2v) is 8.31. The number of aromatic nitrogens is 1. The molecule has 0 bridgehead atoms. The summed E-state index contributed by atoms with van der Waals surface area (Å²) in [5.74, 6) is 0.540. The number of hydrogen-bond acceptors (Lipinski definition) is 5. The zero-order valence-corrected chi connectivity index (χ0v) is 15.9. The molecule has 0 aliphatic carbocycles. The minimum absolute atomic E-state index is 0.134. The average molecular weight is 365 g/mol. The van der Waals surface area contributed by atoms with Crippen LogP contribution < -0.4 is 4.74 Å². The summed E-state index contributed by atoms with van der Waals surface area (Å²) < 4.78 is 11.2. The maximum Gasteiger partial charge on any atom is 0.184 e. The monoisotopic (exact) mass is 364 g/mol. The van der Waals surface area contributed by atoms with Gasteiger partial charge in [-0.1, -0.05) is 38.4 Å². The molecule has 0 amide bonds. The van der Waals surface area contributed by atoms with Crippen LogP contribution in [0.15, 0.2) is 18.2 Å². The Labute approximate surface area is 152 Å². The standard InChI is InChI=1S/C18H21ClN2O2S/c1-18(2,3)10-15-16(21-17(19)24-15)12-5-6-13(11-20)14(9-12)23-8-7-22-4/h5-6,9H,7-8,10H2,1-4H3. The highest BCUT2D eigenvalue weighted by molar-refractivity contribution is 7.16. The Morgan fingerprint density at radius 1 is 1.29 bits per heavy atom. The Bertz CT molecular complexity index is 744. The van der Waals surface area contributed by atoms with Crippen molar-refractivity contribution in [3.63, 3.8) is 0 Å². The number of benzene rings is 1. The maximum absolute atomic E-state index is 9.25. The maximum atomic E-state index is 9.25. The fourth-order valence-corrected chi connectivity index (χ4v) is 3.74. The molecule has 1 heterocycles. The third-order valence-corrected chi connectivity index (χ3v) is 4.44. The number of nitrogens with zero attached hydrogens (tertiary/aromatic N) is 2. The summed E-state index contributed by atoms with van der Waals surface area (Å²) >= 11 is 7.65. The molecule has 0 spiro atoms. The highest BCUT2D eigenvalue weighted by atomic mass is 35.5. The van der Waals surface area contributed by atoms with E-state index in [2.05, 4.69) is 31.8 Å². The van der Waals surface area contributed by atoms with Gasteiger partial charge >= 0.3 is 0 Å². The van der Waals surface area contributed by atoms with E-state index in [1.807, 2.05) is 12.1 Å². The molecule has 0 atom stereocenters. The van der Waals surface area contributed by atoms with Crippen molar-refractivity contribution in [1.29, 1.82) is 5.26 Å². The number of hydrogen-bond donors (Lipinski definition) is 0. The van der Waals surface area contributed by atoms with Crippen molar-refractivity contribution in [3.8, 4) is 23.1 Å². The van der Waals surface area contributed by atoms with E-state index in [4.69, 9.17) is 21.1 Å². The van der Waals surface area contributed by atoms with Gasteiger partial charge in [-0.05, 0) is 24.0 Å². The molecule has 1 aromatic carbocycles. The lowest BCUT2D eigenvalue weighted by Gasteiger charge is -2.17. The molecular formula is C18H21ClN2O2S. The zero-order valence-electron chi connectivity index (χ0n) is 14.4. The quantitative estimate of drug-likeness (QED) is 0.680. The van der Waals surface area contributed by atoms with E-state index in [0.29, 0.717) is 29.0 Å². The van der Waals surface area contributed by atoms with Crippen molar-refractivity contribution in [3.05, 3.63) is 33.1 Å². The van der Waals surface area contributed by atoms with Crippen LogP contribution >= 0.6 is 22.9 Å². The van der Waals surface area contributed by atoms with Crippen LogP contribution in [0.2, 0.25) is 4.47 Å². The SMILES string of the molecule is COCCOc1cc(-c2nc(Cl)sc2CC(C)(C)C)ccc1C#N. The van der Waals surface area contributed by atoms with Crippen molar-refractivity contribution < 1.29 is 9.47 Å². The summed E-state index contributed by atoms with van der Waals surface area (Å²) in [6.07, 6.45) is 0.882. The van der Waals surface area contributed by atoms with Gasteiger partial charge in [-0.25, -0.2) is 4.98 Å². The first-order valence-corrected chi connectivity index (χ1v) is 8.85. The van der Waals surface area contributed by atoms with E-state index >= 15 is 0 Å². The summed E-state index contributed by atoms with van der Waals surface area (Å²) in [5.41, 5.74) is 2.40. The van der Waals surface area contributed by atoms with E-state index in [1.165, 1.54) is 11.3 Å². The molecule has 0 fully saturated rings. The molecule has 0 aliphatic rings. The zero-order chi connectivity index (χ0) is 17.7. The lowest BCUT2D eigenvalue weighted by atomic mass is 9.90. The second-order valence-electron chi connectivity index (χ2n) is 6.64. The second kappa shape index (κ2) is 7.98. The van der Waals surface area contributed by atoms with Crippen molar-refractivity contribution in [1.82, 2.24) is 4.98 Å². The first kappa shape index (κ1) is 18.7. The van der Waals surface area contributed by atoms with Gasteiger partial charge in [0, 0.05) is 17.6 Å². The Morgan fingerprint density at radius 2 is 2.04 bits per heavy atom. The highest BCUT2D eigenvalue weighted by Gasteiger charge is 2.20. The largest absolute Gasteiger partial charge is 0.490 e. The number of nitriles is 1. The van der Waals surface area contributed by atoms with Gasteiger partial charge in [0.25, 0.3) is 0 Å². The van der Waals surface area contributed by atoms with Crippen LogP contribution in [0, 0.1) is 16.7 Å². The van der Waals surface area contributed by atoms with Crippen LogP contribution in [-0.4, -0.2) is 25.3 Å². The van der Waals surface area contributed by atoms with Crippen LogP contribution in [0.25, 0.3) is 11.3 Å². The van der Waals surface area contributed by atoms with E-state index < -0.39 is 0 Å². The predicted octanol–water partition coefficient (Wildman–Crippen LogP) is 4.95. The minimum Gasteiger partial charge on any atom is -0.490 e. The van der Waals surface area contributed by atoms with Crippen LogP contribution in [0.5, 0.6) is 5.75 Å². The summed E-state index contributed by atoms with van der Waals surface area (Å²) in [4.78, 5) is 5.62. The molecule has 2 aromatic rings. The molecule has 4 nitrogen and oxygen atoms in total. The molecule has 2 rings (SSSR count). The number of methoxy groups -OCH3 is 1. The molecule has 0 saturated heterocycles. The summed E-state index contributed by atoms with van der Waals surface area (Å²) in [6.45, 7) is 7.40. The van der Waals surface area contributed by atoms with Crippen LogP contribution in [0.4, 0.5) is 0 Å². The first-order valence-electron chi connectivity index (χ1n) is 7.65. The van der Waals surface area contributed by atoms with Gasteiger partial charge in [0.05, 0.1) is 17.9 Å². The molecule has 1 aromatic heterocycles. The molecule has 0 radical (unpaired) electrons. The van der Waals surface area contributed by atoms with Gasteiger partial charge < -0.3 is 9.47 Å². The number of thiazole rings is 1. The average Bonchev–Trinajstić information content (AvgIpc) is 2.86. The van der Waals surface area contributed by atoms with Gasteiger partial charge in [0.2, 0.25) is 0 Å². The Hall–Kier alpha value is -1.61. The van der Waals surface area contributed by atoms with Gasteiger partial charge in [0.15, 0.2) is 4.47 Å². The normalized spacial score (nSPS) is 11.3. The van der Waals surface area contributed by atoms with Crippen molar-refractivity contribution >= 4 is 22.9 Å². The Kier molecular flexibility index (Phi) is 6.22. The smallest absolute Gasteiger partial charge is 0.184 e. The van der Waals surface area contributed by atoms with E-state index in [-0.39, 0.29) is 5.41 Å². The van der Waals surface area contributed by atoms with Gasteiger partial charge in [-0.3, -0.25) is 0 Å². The van der Waals surface area contributed by atoms with Crippen LogP contribution in [0.1, 0.15) is 31.2 Å². The summed E-state index contributed by atoms with van der Waals surface area (Å²) in [5, 5.41) is 9.25. The molecule has 0 unspecified atom stereocenters. The fourth-order valence-electron chi connectivity index (χ4n) is 2.27. The first-order chi connectivity index (χ1) is 11.3. The molecular weight excluding hydrogens is 344 g/mol. The summed E-state index contributed by atoms with van der Waals surface area (Å²) in [6, 6.07) is 7.65. The molecule has 0 N–H and O–H groups in total. The molecule has 0 aliphatic heterocycles. The van der Waals surface area contributed by atoms with Crippen molar-refractivity contribution in [2.75, 3.05) is 20.3 Å². The third kappa shape index (κ3) is 4.94. The lowest BCUT2D eigenvalue weighted by molar-refractivity contribution is 0.146. The van der Waals surface area contributed by atoms with Crippen LogP contribution in [-0.2, 0) is 11.2 Å². The van der Waals surface area contributed by atoms with Crippen molar-refractivity contribution in [2.24, 2.45) is 5.41 Å². The van der Waals surface area contributed by atoms with Gasteiger partial charge in [-0.2, -0.15) is 5.26 Å². The molecule has 0 saturated carbocycles. The Morgan fingerprint density at radius 3 is 2.67 bits per heavy atom. The van der Waals surface area contributed by atoms with E-state index in [9.17, 15) is 5.26 Å². The summed E-state index contributed by atoms with van der Waals surface area (Å²) in [7, 11) is 1.61. The van der Waals surface area contributed by atoms with E-state index in [1.54, 1.807) is 13.2 Å². The lowest BCUT2D eigenvalue weighted by Crippen LogP contribution is -2.09.